The van der Waals surface area contributed by atoms with E-state index in [2.05, 4.69) is 25.7 Å². The number of aryl methyl sites for hydroxylation is 1. The monoisotopic (exact) mass is 268 g/mol. The van der Waals surface area contributed by atoms with Crippen molar-refractivity contribution in [3.63, 3.8) is 0 Å². The van der Waals surface area contributed by atoms with Crippen molar-refractivity contribution in [2.24, 2.45) is 7.05 Å². The molecular weight excluding hydrogens is 260 g/mol. The standard InChI is InChI=1S/C10H9BrN2O2/c1-13-8-4-3-6(11)5-7(8)12-9(13)10(14)15-2/h3-5H,1-2H3. The normalized spacial score (nSPS) is 10.6. The zero-order valence-corrected chi connectivity index (χ0v) is 9.91. The van der Waals surface area contributed by atoms with Gasteiger partial charge in [0.15, 0.2) is 0 Å². The van der Waals surface area contributed by atoms with E-state index < -0.39 is 5.97 Å². The topological polar surface area (TPSA) is 44.1 Å². The van der Waals surface area contributed by atoms with Crippen LogP contribution in [0.2, 0.25) is 0 Å². The number of hydrogen-bond donors (Lipinski definition) is 0. The Morgan fingerprint density at radius 3 is 2.93 bits per heavy atom. The third kappa shape index (κ3) is 1.63. The van der Waals surface area contributed by atoms with Crippen LogP contribution in [-0.4, -0.2) is 22.6 Å². The van der Waals surface area contributed by atoms with Gasteiger partial charge in [-0.15, -0.1) is 0 Å². The highest BCUT2D eigenvalue weighted by atomic mass is 79.9. The fourth-order valence-corrected chi connectivity index (χ4v) is 1.80. The number of aromatic nitrogens is 2. The number of ether oxygens (including phenoxy) is 1. The molecule has 2 rings (SSSR count). The lowest BCUT2D eigenvalue weighted by molar-refractivity contribution is 0.0583. The smallest absolute Gasteiger partial charge is 0.374 e. The lowest BCUT2D eigenvalue weighted by atomic mass is 10.3. The minimum atomic E-state index is -0.426. The Kier molecular flexibility index (Phi) is 2.48. The molecule has 0 amide bonds. The second kappa shape index (κ2) is 3.66. The van der Waals surface area contributed by atoms with Gasteiger partial charge in [-0.25, -0.2) is 9.78 Å². The zero-order valence-electron chi connectivity index (χ0n) is 8.32. The van der Waals surface area contributed by atoms with E-state index in [0.717, 1.165) is 15.5 Å². The van der Waals surface area contributed by atoms with Crippen LogP contribution in [0.15, 0.2) is 22.7 Å². The first-order chi connectivity index (χ1) is 7.13. The number of rotatable bonds is 1. The minimum Gasteiger partial charge on any atom is -0.463 e. The summed E-state index contributed by atoms with van der Waals surface area (Å²) in [5.41, 5.74) is 1.67. The number of imidazole rings is 1. The molecule has 0 aliphatic heterocycles. The van der Waals surface area contributed by atoms with Gasteiger partial charge in [0.2, 0.25) is 5.82 Å². The molecule has 0 aliphatic rings. The average molecular weight is 269 g/mol. The number of carbonyl (C=O) groups excluding carboxylic acids is 1. The van der Waals surface area contributed by atoms with Crippen molar-refractivity contribution in [1.29, 1.82) is 0 Å². The average Bonchev–Trinajstić information content (AvgIpc) is 2.54. The Morgan fingerprint density at radius 2 is 2.27 bits per heavy atom. The summed E-state index contributed by atoms with van der Waals surface area (Å²) in [6, 6.07) is 5.67. The summed E-state index contributed by atoms with van der Waals surface area (Å²) in [7, 11) is 3.13. The van der Waals surface area contributed by atoms with E-state index in [4.69, 9.17) is 0 Å². The van der Waals surface area contributed by atoms with Crippen LogP contribution in [-0.2, 0) is 11.8 Å². The second-order valence-electron chi connectivity index (χ2n) is 3.12. The van der Waals surface area contributed by atoms with Gasteiger partial charge in [-0.2, -0.15) is 0 Å². The highest BCUT2D eigenvalue weighted by Crippen LogP contribution is 2.20. The summed E-state index contributed by atoms with van der Waals surface area (Å²) < 4.78 is 7.29. The molecule has 78 valence electrons. The number of benzene rings is 1. The Bertz CT molecular complexity index is 533. The summed E-state index contributed by atoms with van der Waals surface area (Å²) in [6.07, 6.45) is 0. The van der Waals surface area contributed by atoms with Crippen LogP contribution in [0.3, 0.4) is 0 Å². The molecule has 0 radical (unpaired) electrons. The molecule has 0 atom stereocenters. The van der Waals surface area contributed by atoms with E-state index in [-0.39, 0.29) is 0 Å². The van der Waals surface area contributed by atoms with Crippen LogP contribution < -0.4 is 0 Å². The first-order valence-electron chi connectivity index (χ1n) is 4.34. The fraction of sp³-hybridized carbons (Fsp3) is 0.200. The van der Waals surface area contributed by atoms with Crippen molar-refractivity contribution >= 4 is 32.9 Å². The molecule has 0 bridgehead atoms. The molecule has 15 heavy (non-hydrogen) atoms. The molecule has 1 heterocycles. The van der Waals surface area contributed by atoms with E-state index in [0.29, 0.717) is 5.82 Å². The summed E-state index contributed by atoms with van der Waals surface area (Å²) >= 11 is 3.35. The molecule has 0 N–H and O–H groups in total. The van der Waals surface area contributed by atoms with E-state index >= 15 is 0 Å². The van der Waals surface area contributed by atoms with Gasteiger partial charge in [0.1, 0.15) is 0 Å². The first-order valence-corrected chi connectivity index (χ1v) is 5.13. The summed E-state index contributed by atoms with van der Waals surface area (Å²) in [4.78, 5) is 15.6. The number of halogens is 1. The van der Waals surface area contributed by atoms with Gasteiger partial charge in [-0.05, 0) is 18.2 Å². The zero-order chi connectivity index (χ0) is 11.0. The van der Waals surface area contributed by atoms with Crippen molar-refractivity contribution in [1.82, 2.24) is 9.55 Å². The highest BCUT2D eigenvalue weighted by molar-refractivity contribution is 9.10. The maximum absolute atomic E-state index is 11.4. The van der Waals surface area contributed by atoms with E-state index in [1.165, 1.54) is 7.11 Å². The molecule has 0 aliphatic carbocycles. The van der Waals surface area contributed by atoms with E-state index in [1.54, 1.807) is 11.6 Å². The van der Waals surface area contributed by atoms with Crippen LogP contribution >= 0.6 is 15.9 Å². The Balaban J connectivity index is 2.69. The molecule has 1 aromatic carbocycles. The number of esters is 1. The highest BCUT2D eigenvalue weighted by Gasteiger charge is 2.15. The van der Waals surface area contributed by atoms with Crippen molar-refractivity contribution in [3.05, 3.63) is 28.5 Å². The summed E-state index contributed by atoms with van der Waals surface area (Å²) in [5, 5.41) is 0. The molecular formula is C10H9BrN2O2. The van der Waals surface area contributed by atoms with Gasteiger partial charge in [0, 0.05) is 11.5 Å². The maximum Gasteiger partial charge on any atom is 0.374 e. The number of carbonyl (C=O) groups is 1. The molecule has 2 aromatic rings. The van der Waals surface area contributed by atoms with Crippen LogP contribution in [0.4, 0.5) is 0 Å². The second-order valence-corrected chi connectivity index (χ2v) is 4.03. The van der Waals surface area contributed by atoms with Gasteiger partial charge in [-0.1, -0.05) is 15.9 Å². The van der Waals surface area contributed by atoms with Gasteiger partial charge < -0.3 is 9.30 Å². The molecule has 0 unspecified atom stereocenters. The SMILES string of the molecule is COC(=O)c1nc2cc(Br)ccc2n1C. The molecule has 1 aromatic heterocycles. The number of fused-ring (bicyclic) bond motifs is 1. The van der Waals surface area contributed by atoms with Crippen LogP contribution in [0.5, 0.6) is 0 Å². The maximum atomic E-state index is 11.4. The quantitative estimate of drug-likeness (QED) is 0.745. The largest absolute Gasteiger partial charge is 0.463 e. The summed E-state index contributed by atoms with van der Waals surface area (Å²) in [6.45, 7) is 0. The lowest BCUT2D eigenvalue weighted by Gasteiger charge is -1.98. The number of hydrogen-bond acceptors (Lipinski definition) is 3. The molecule has 0 saturated carbocycles. The summed E-state index contributed by atoms with van der Waals surface area (Å²) in [5.74, 6) is -0.115. The number of methoxy groups -OCH3 is 1. The third-order valence-electron chi connectivity index (χ3n) is 2.21. The van der Waals surface area contributed by atoms with E-state index in [1.807, 2.05) is 18.2 Å². The molecule has 5 heteroatoms. The molecule has 0 saturated heterocycles. The minimum absolute atomic E-state index is 0.311. The van der Waals surface area contributed by atoms with Crippen molar-refractivity contribution in [2.75, 3.05) is 7.11 Å². The van der Waals surface area contributed by atoms with Crippen LogP contribution in [0.1, 0.15) is 10.6 Å². The van der Waals surface area contributed by atoms with Gasteiger partial charge in [-0.3, -0.25) is 0 Å². The fourth-order valence-electron chi connectivity index (χ4n) is 1.45. The Hall–Kier alpha value is -1.36. The van der Waals surface area contributed by atoms with Crippen LogP contribution in [0.25, 0.3) is 11.0 Å². The van der Waals surface area contributed by atoms with Crippen LogP contribution in [0, 0.1) is 0 Å². The third-order valence-corrected chi connectivity index (χ3v) is 2.70. The first kappa shape index (κ1) is 10.2. The van der Waals surface area contributed by atoms with Gasteiger partial charge in [0.05, 0.1) is 18.1 Å². The Morgan fingerprint density at radius 1 is 1.53 bits per heavy atom. The predicted octanol–water partition coefficient (Wildman–Crippen LogP) is 2.12. The molecule has 0 fully saturated rings. The van der Waals surface area contributed by atoms with Gasteiger partial charge in [0.25, 0.3) is 0 Å². The van der Waals surface area contributed by atoms with Crippen molar-refractivity contribution < 1.29 is 9.53 Å². The van der Waals surface area contributed by atoms with Gasteiger partial charge >= 0.3 is 5.97 Å². The molecule has 4 nitrogen and oxygen atoms in total. The van der Waals surface area contributed by atoms with Crippen molar-refractivity contribution in [2.45, 2.75) is 0 Å². The Labute approximate surface area is 95.0 Å². The number of nitrogens with zero attached hydrogens (tertiary/aromatic N) is 2. The predicted molar refractivity (Wildman–Crippen MR) is 59.8 cm³/mol. The van der Waals surface area contributed by atoms with Crippen molar-refractivity contribution in [3.8, 4) is 0 Å². The lowest BCUT2D eigenvalue weighted by Crippen LogP contribution is -2.08. The molecule has 0 spiro atoms. The van der Waals surface area contributed by atoms with E-state index in [9.17, 15) is 4.79 Å².